The molecule has 2 rings (SSSR count). The van der Waals surface area contributed by atoms with Gasteiger partial charge >= 0.3 is 0 Å². The van der Waals surface area contributed by atoms with E-state index in [0.717, 1.165) is 17.9 Å². The molecule has 20 heavy (non-hydrogen) atoms. The Morgan fingerprint density at radius 2 is 2.10 bits per heavy atom. The van der Waals surface area contributed by atoms with Crippen LogP contribution < -0.4 is 9.47 Å². The van der Waals surface area contributed by atoms with Crippen LogP contribution in [0.25, 0.3) is 0 Å². The number of piperidine rings is 1. The number of hydrogen-bond donors (Lipinski definition) is 1. The van der Waals surface area contributed by atoms with E-state index in [1.54, 1.807) is 14.2 Å². The Morgan fingerprint density at radius 3 is 2.75 bits per heavy atom. The lowest BCUT2D eigenvalue weighted by molar-refractivity contribution is 0.0717. The SMILES string of the molecule is COc1ccc(OC)c(C(O)CN2CCCCC2C)c1. The zero-order chi connectivity index (χ0) is 14.5. The lowest BCUT2D eigenvalue weighted by atomic mass is 10.0. The van der Waals surface area contributed by atoms with E-state index in [-0.39, 0.29) is 0 Å². The summed E-state index contributed by atoms with van der Waals surface area (Å²) in [5, 5.41) is 10.5. The lowest BCUT2D eigenvalue weighted by Gasteiger charge is -2.35. The van der Waals surface area contributed by atoms with Gasteiger partial charge in [0.1, 0.15) is 11.5 Å². The fraction of sp³-hybridized carbons (Fsp3) is 0.625. The van der Waals surface area contributed by atoms with Crippen LogP contribution in [0, 0.1) is 0 Å². The molecule has 1 saturated heterocycles. The topological polar surface area (TPSA) is 41.9 Å². The molecule has 1 fully saturated rings. The van der Waals surface area contributed by atoms with Crippen molar-refractivity contribution in [2.75, 3.05) is 27.3 Å². The molecule has 4 heteroatoms. The molecule has 0 saturated carbocycles. The van der Waals surface area contributed by atoms with Crippen molar-refractivity contribution in [1.29, 1.82) is 0 Å². The number of likely N-dealkylation sites (tertiary alicyclic amines) is 1. The van der Waals surface area contributed by atoms with E-state index in [0.29, 0.717) is 18.3 Å². The first-order valence-corrected chi connectivity index (χ1v) is 7.29. The van der Waals surface area contributed by atoms with Crippen LogP contribution in [0.15, 0.2) is 18.2 Å². The maximum Gasteiger partial charge on any atom is 0.124 e. The van der Waals surface area contributed by atoms with E-state index in [1.807, 2.05) is 18.2 Å². The number of benzene rings is 1. The van der Waals surface area contributed by atoms with Crippen molar-refractivity contribution in [3.63, 3.8) is 0 Å². The predicted molar refractivity (Wildman–Crippen MR) is 79.4 cm³/mol. The molecule has 1 aromatic carbocycles. The minimum absolute atomic E-state index is 0.537. The molecule has 0 aromatic heterocycles. The van der Waals surface area contributed by atoms with Crippen molar-refractivity contribution < 1.29 is 14.6 Å². The van der Waals surface area contributed by atoms with E-state index in [9.17, 15) is 5.11 Å². The molecule has 112 valence electrons. The molecule has 2 unspecified atom stereocenters. The molecular weight excluding hydrogens is 254 g/mol. The number of methoxy groups -OCH3 is 2. The van der Waals surface area contributed by atoms with Crippen molar-refractivity contribution in [2.45, 2.75) is 38.3 Å². The van der Waals surface area contributed by atoms with E-state index in [1.165, 1.54) is 19.3 Å². The van der Waals surface area contributed by atoms with Gasteiger partial charge in [-0.15, -0.1) is 0 Å². The number of hydrogen-bond acceptors (Lipinski definition) is 4. The van der Waals surface area contributed by atoms with Gasteiger partial charge in [-0.05, 0) is 44.5 Å². The average molecular weight is 279 g/mol. The van der Waals surface area contributed by atoms with E-state index < -0.39 is 6.10 Å². The van der Waals surface area contributed by atoms with E-state index >= 15 is 0 Å². The Hall–Kier alpha value is -1.26. The third-order valence-electron chi connectivity index (χ3n) is 4.14. The van der Waals surface area contributed by atoms with Crippen LogP contribution in [-0.4, -0.2) is 43.4 Å². The number of aliphatic hydroxyl groups is 1. The van der Waals surface area contributed by atoms with Crippen LogP contribution in [0.2, 0.25) is 0 Å². The van der Waals surface area contributed by atoms with Crippen molar-refractivity contribution >= 4 is 0 Å². The van der Waals surface area contributed by atoms with Gasteiger partial charge in [0.2, 0.25) is 0 Å². The fourth-order valence-electron chi connectivity index (χ4n) is 2.85. The highest BCUT2D eigenvalue weighted by Gasteiger charge is 2.23. The Bertz CT molecular complexity index is 436. The molecular formula is C16H25NO3. The van der Waals surface area contributed by atoms with Gasteiger partial charge in [0.15, 0.2) is 0 Å². The number of β-amino-alcohol motifs (C(OH)–C–C–N with tert-alkyl or cyclic N) is 1. The standard InChI is InChI=1S/C16H25NO3/c1-12-6-4-5-9-17(12)11-15(18)14-10-13(19-2)7-8-16(14)20-3/h7-8,10,12,15,18H,4-6,9,11H2,1-3H3. The maximum absolute atomic E-state index is 10.5. The van der Waals surface area contributed by atoms with Crippen LogP contribution in [0.3, 0.4) is 0 Å². The predicted octanol–water partition coefficient (Wildman–Crippen LogP) is 2.61. The van der Waals surface area contributed by atoms with Gasteiger partial charge in [0, 0.05) is 18.2 Å². The van der Waals surface area contributed by atoms with E-state index in [2.05, 4.69) is 11.8 Å². The molecule has 4 nitrogen and oxygen atoms in total. The summed E-state index contributed by atoms with van der Waals surface area (Å²) in [5.41, 5.74) is 0.796. The number of nitrogens with zero attached hydrogens (tertiary/aromatic N) is 1. The van der Waals surface area contributed by atoms with E-state index in [4.69, 9.17) is 9.47 Å². The summed E-state index contributed by atoms with van der Waals surface area (Å²) in [6.45, 7) is 3.93. The first kappa shape index (κ1) is 15.1. The lowest BCUT2D eigenvalue weighted by Crippen LogP contribution is -2.40. The highest BCUT2D eigenvalue weighted by molar-refractivity contribution is 5.41. The molecule has 1 aromatic rings. The highest BCUT2D eigenvalue weighted by atomic mass is 16.5. The van der Waals surface area contributed by atoms with Crippen molar-refractivity contribution in [2.24, 2.45) is 0 Å². The maximum atomic E-state index is 10.5. The molecule has 0 radical (unpaired) electrons. The summed E-state index contributed by atoms with van der Waals surface area (Å²) in [4.78, 5) is 2.35. The van der Waals surface area contributed by atoms with Crippen LogP contribution in [0.1, 0.15) is 37.9 Å². The summed E-state index contributed by atoms with van der Waals surface area (Å²) >= 11 is 0. The summed E-state index contributed by atoms with van der Waals surface area (Å²) < 4.78 is 10.6. The Labute approximate surface area is 121 Å². The molecule has 0 aliphatic carbocycles. The Balaban J connectivity index is 2.12. The first-order valence-electron chi connectivity index (χ1n) is 7.29. The molecule has 0 spiro atoms. The second kappa shape index (κ2) is 6.95. The van der Waals surface area contributed by atoms with Gasteiger partial charge in [0.25, 0.3) is 0 Å². The Morgan fingerprint density at radius 1 is 1.30 bits per heavy atom. The van der Waals surface area contributed by atoms with Crippen molar-refractivity contribution in [1.82, 2.24) is 4.90 Å². The van der Waals surface area contributed by atoms with Crippen molar-refractivity contribution in [3.05, 3.63) is 23.8 Å². The second-order valence-electron chi connectivity index (χ2n) is 5.46. The summed E-state index contributed by atoms with van der Waals surface area (Å²) in [6.07, 6.45) is 3.16. The second-order valence-corrected chi connectivity index (χ2v) is 5.46. The average Bonchev–Trinajstić information content (AvgIpc) is 2.48. The first-order chi connectivity index (χ1) is 9.65. The van der Waals surface area contributed by atoms with Crippen LogP contribution in [0.5, 0.6) is 11.5 Å². The quantitative estimate of drug-likeness (QED) is 0.899. The highest BCUT2D eigenvalue weighted by Crippen LogP contribution is 2.31. The third-order valence-corrected chi connectivity index (χ3v) is 4.14. The third kappa shape index (κ3) is 3.44. The minimum atomic E-state index is -0.555. The normalized spacial score (nSPS) is 21.5. The van der Waals surface area contributed by atoms with Gasteiger partial charge < -0.3 is 14.6 Å². The van der Waals surface area contributed by atoms with Crippen molar-refractivity contribution in [3.8, 4) is 11.5 Å². The minimum Gasteiger partial charge on any atom is -0.497 e. The molecule has 2 atom stereocenters. The van der Waals surface area contributed by atoms with Crippen LogP contribution in [0.4, 0.5) is 0 Å². The summed E-state index contributed by atoms with van der Waals surface area (Å²) in [6, 6.07) is 6.09. The molecule has 0 amide bonds. The van der Waals surface area contributed by atoms with Gasteiger partial charge in [-0.1, -0.05) is 6.42 Å². The fourth-order valence-corrected chi connectivity index (χ4v) is 2.85. The number of rotatable bonds is 5. The molecule has 0 bridgehead atoms. The zero-order valence-corrected chi connectivity index (χ0v) is 12.6. The van der Waals surface area contributed by atoms with Gasteiger partial charge in [-0.2, -0.15) is 0 Å². The molecule has 1 heterocycles. The summed E-state index contributed by atoms with van der Waals surface area (Å²) in [5.74, 6) is 1.45. The number of ether oxygens (including phenoxy) is 2. The monoisotopic (exact) mass is 279 g/mol. The van der Waals surface area contributed by atoms with Gasteiger partial charge in [-0.25, -0.2) is 0 Å². The molecule has 1 N–H and O–H groups in total. The van der Waals surface area contributed by atoms with Gasteiger partial charge in [-0.3, -0.25) is 4.90 Å². The van der Waals surface area contributed by atoms with Gasteiger partial charge in [0.05, 0.1) is 20.3 Å². The Kier molecular flexibility index (Phi) is 5.26. The number of aliphatic hydroxyl groups excluding tert-OH is 1. The van der Waals surface area contributed by atoms with Crippen LogP contribution >= 0.6 is 0 Å². The largest absolute Gasteiger partial charge is 0.497 e. The zero-order valence-electron chi connectivity index (χ0n) is 12.6. The smallest absolute Gasteiger partial charge is 0.124 e. The molecule has 1 aliphatic rings. The van der Waals surface area contributed by atoms with Crippen LogP contribution in [-0.2, 0) is 0 Å². The summed E-state index contributed by atoms with van der Waals surface area (Å²) in [7, 11) is 3.26. The molecule has 1 aliphatic heterocycles.